The number of likely N-dealkylation sites (tertiary alicyclic amines) is 1. The Labute approximate surface area is 142 Å². The van der Waals surface area contributed by atoms with E-state index in [1.807, 2.05) is 0 Å². The topological polar surface area (TPSA) is 26.8 Å². The zero-order chi connectivity index (χ0) is 15.9. The molecule has 4 heteroatoms. The summed E-state index contributed by atoms with van der Waals surface area (Å²) in [7, 11) is 0. The van der Waals surface area contributed by atoms with Gasteiger partial charge >= 0.3 is 0 Å². The van der Waals surface area contributed by atoms with Gasteiger partial charge in [0.1, 0.15) is 0 Å². The highest BCUT2D eigenvalue weighted by Crippen LogP contribution is 2.24. The van der Waals surface area contributed by atoms with E-state index in [0.717, 1.165) is 45.2 Å². The van der Waals surface area contributed by atoms with Crippen LogP contribution in [0.1, 0.15) is 57.8 Å². The van der Waals surface area contributed by atoms with Crippen LogP contribution in [0.25, 0.3) is 0 Å². The first-order valence-corrected chi connectivity index (χ1v) is 10.0. The van der Waals surface area contributed by atoms with Crippen molar-refractivity contribution in [2.75, 3.05) is 52.4 Å². The van der Waals surface area contributed by atoms with E-state index in [1.54, 1.807) is 0 Å². The maximum atomic E-state index is 12.5. The second kappa shape index (κ2) is 9.03. The number of hydrogen-bond acceptors (Lipinski definition) is 3. The SMILES string of the molecule is O=C(CN1CCN(CC2CCCCC2)CC1)N1CCCCCC1. The molecule has 0 N–H and O–H groups in total. The van der Waals surface area contributed by atoms with Crippen LogP contribution < -0.4 is 0 Å². The van der Waals surface area contributed by atoms with E-state index < -0.39 is 0 Å². The number of carbonyl (C=O) groups excluding carboxylic acids is 1. The predicted molar refractivity (Wildman–Crippen MR) is 94.5 cm³/mol. The van der Waals surface area contributed by atoms with Gasteiger partial charge in [-0.1, -0.05) is 32.1 Å². The summed E-state index contributed by atoms with van der Waals surface area (Å²) in [5.74, 6) is 1.31. The molecule has 0 spiro atoms. The Morgan fingerprint density at radius 1 is 0.696 bits per heavy atom. The second-order valence-corrected chi connectivity index (χ2v) is 7.88. The van der Waals surface area contributed by atoms with Crippen LogP contribution in [0.5, 0.6) is 0 Å². The van der Waals surface area contributed by atoms with Gasteiger partial charge in [-0.25, -0.2) is 0 Å². The Kier molecular flexibility index (Phi) is 6.76. The molecular weight excluding hydrogens is 286 g/mol. The minimum Gasteiger partial charge on any atom is -0.342 e. The average molecular weight is 322 g/mol. The summed E-state index contributed by atoms with van der Waals surface area (Å²) in [5.41, 5.74) is 0. The molecule has 132 valence electrons. The molecule has 0 radical (unpaired) electrons. The fourth-order valence-corrected chi connectivity index (χ4v) is 4.48. The fourth-order valence-electron chi connectivity index (χ4n) is 4.48. The van der Waals surface area contributed by atoms with Crippen LogP contribution in [0, 0.1) is 5.92 Å². The van der Waals surface area contributed by atoms with E-state index in [-0.39, 0.29) is 0 Å². The summed E-state index contributed by atoms with van der Waals surface area (Å²) < 4.78 is 0. The summed E-state index contributed by atoms with van der Waals surface area (Å²) >= 11 is 0. The van der Waals surface area contributed by atoms with E-state index in [2.05, 4.69) is 14.7 Å². The Morgan fingerprint density at radius 2 is 1.26 bits per heavy atom. The first kappa shape index (κ1) is 17.2. The van der Waals surface area contributed by atoms with Crippen LogP contribution in [-0.4, -0.2) is 73.0 Å². The van der Waals surface area contributed by atoms with E-state index in [4.69, 9.17) is 0 Å². The zero-order valence-electron chi connectivity index (χ0n) is 14.8. The number of hydrogen-bond donors (Lipinski definition) is 0. The van der Waals surface area contributed by atoms with Gasteiger partial charge in [0, 0.05) is 45.8 Å². The maximum absolute atomic E-state index is 12.5. The number of piperazine rings is 1. The summed E-state index contributed by atoms with van der Waals surface area (Å²) in [4.78, 5) is 19.6. The molecule has 3 fully saturated rings. The lowest BCUT2D eigenvalue weighted by Gasteiger charge is -2.37. The highest BCUT2D eigenvalue weighted by atomic mass is 16.2. The van der Waals surface area contributed by atoms with Gasteiger partial charge in [0.15, 0.2) is 0 Å². The fraction of sp³-hybridized carbons (Fsp3) is 0.947. The Morgan fingerprint density at radius 3 is 1.91 bits per heavy atom. The largest absolute Gasteiger partial charge is 0.342 e. The van der Waals surface area contributed by atoms with Crippen LogP contribution in [-0.2, 0) is 4.79 Å². The Balaban J connectivity index is 1.35. The molecule has 1 saturated carbocycles. The lowest BCUT2D eigenvalue weighted by atomic mass is 9.89. The Bertz CT molecular complexity index is 352. The minimum absolute atomic E-state index is 0.368. The number of rotatable bonds is 4. The predicted octanol–water partition coefficient (Wildman–Crippen LogP) is 2.59. The summed E-state index contributed by atoms with van der Waals surface area (Å²) in [5, 5.41) is 0. The molecule has 3 aliphatic rings. The summed E-state index contributed by atoms with van der Waals surface area (Å²) in [6.45, 7) is 8.39. The van der Waals surface area contributed by atoms with Gasteiger partial charge in [-0.2, -0.15) is 0 Å². The van der Waals surface area contributed by atoms with Gasteiger partial charge in [0.2, 0.25) is 5.91 Å². The van der Waals surface area contributed by atoms with Gasteiger partial charge in [0.05, 0.1) is 6.54 Å². The van der Waals surface area contributed by atoms with Crippen LogP contribution in [0.3, 0.4) is 0 Å². The van der Waals surface area contributed by atoms with Crippen LogP contribution in [0.4, 0.5) is 0 Å². The summed E-state index contributed by atoms with van der Waals surface area (Å²) in [6.07, 6.45) is 12.2. The molecule has 0 aromatic rings. The van der Waals surface area contributed by atoms with Gasteiger partial charge in [0.25, 0.3) is 0 Å². The van der Waals surface area contributed by atoms with Crippen molar-refractivity contribution in [2.45, 2.75) is 57.8 Å². The molecule has 0 bridgehead atoms. The van der Waals surface area contributed by atoms with Crippen LogP contribution >= 0.6 is 0 Å². The smallest absolute Gasteiger partial charge is 0.236 e. The quantitative estimate of drug-likeness (QED) is 0.796. The van der Waals surface area contributed by atoms with Gasteiger partial charge in [-0.05, 0) is 31.6 Å². The monoisotopic (exact) mass is 321 g/mol. The molecule has 2 heterocycles. The summed E-state index contributed by atoms with van der Waals surface area (Å²) in [6, 6.07) is 0. The first-order chi connectivity index (χ1) is 11.3. The minimum atomic E-state index is 0.368. The molecule has 2 saturated heterocycles. The second-order valence-electron chi connectivity index (χ2n) is 7.88. The standard InChI is InChI=1S/C19H35N3O/c23-19(22-10-6-1-2-7-11-22)17-21-14-12-20(13-15-21)16-18-8-4-3-5-9-18/h18H,1-17H2. The lowest BCUT2D eigenvalue weighted by molar-refractivity contribution is -0.132. The molecular formula is C19H35N3O. The third kappa shape index (κ3) is 5.46. The van der Waals surface area contributed by atoms with Crippen molar-refractivity contribution >= 4 is 5.91 Å². The lowest BCUT2D eigenvalue weighted by Crippen LogP contribution is -2.51. The van der Waals surface area contributed by atoms with Crippen molar-refractivity contribution in [1.82, 2.24) is 14.7 Å². The van der Waals surface area contributed by atoms with Gasteiger partial charge in [-0.3, -0.25) is 9.69 Å². The highest BCUT2D eigenvalue weighted by molar-refractivity contribution is 5.78. The normalized spacial score (nSPS) is 26.2. The van der Waals surface area contributed by atoms with Crippen molar-refractivity contribution in [3.63, 3.8) is 0 Å². The molecule has 2 aliphatic heterocycles. The first-order valence-electron chi connectivity index (χ1n) is 10.0. The van der Waals surface area contributed by atoms with Gasteiger partial charge < -0.3 is 9.80 Å². The molecule has 1 aliphatic carbocycles. The highest BCUT2D eigenvalue weighted by Gasteiger charge is 2.24. The van der Waals surface area contributed by atoms with E-state index >= 15 is 0 Å². The van der Waals surface area contributed by atoms with E-state index in [1.165, 1.54) is 64.3 Å². The van der Waals surface area contributed by atoms with Crippen LogP contribution in [0.15, 0.2) is 0 Å². The Hall–Kier alpha value is -0.610. The number of amides is 1. The average Bonchev–Trinajstić information content (AvgIpc) is 2.87. The molecule has 0 aromatic carbocycles. The number of carbonyl (C=O) groups is 1. The zero-order valence-corrected chi connectivity index (χ0v) is 14.8. The van der Waals surface area contributed by atoms with Crippen molar-refractivity contribution in [3.05, 3.63) is 0 Å². The molecule has 0 atom stereocenters. The van der Waals surface area contributed by atoms with Crippen molar-refractivity contribution in [3.8, 4) is 0 Å². The number of nitrogens with zero attached hydrogens (tertiary/aromatic N) is 3. The van der Waals surface area contributed by atoms with Crippen molar-refractivity contribution < 1.29 is 4.79 Å². The maximum Gasteiger partial charge on any atom is 0.236 e. The molecule has 0 aromatic heterocycles. The third-order valence-corrected chi connectivity index (χ3v) is 6.02. The van der Waals surface area contributed by atoms with Crippen molar-refractivity contribution in [2.24, 2.45) is 5.92 Å². The van der Waals surface area contributed by atoms with E-state index in [9.17, 15) is 4.79 Å². The molecule has 4 nitrogen and oxygen atoms in total. The van der Waals surface area contributed by atoms with Crippen molar-refractivity contribution in [1.29, 1.82) is 0 Å². The van der Waals surface area contributed by atoms with Crippen LogP contribution in [0.2, 0.25) is 0 Å². The van der Waals surface area contributed by atoms with E-state index in [0.29, 0.717) is 12.5 Å². The van der Waals surface area contributed by atoms with Gasteiger partial charge in [-0.15, -0.1) is 0 Å². The molecule has 23 heavy (non-hydrogen) atoms. The molecule has 0 unspecified atom stereocenters. The molecule has 3 rings (SSSR count). The molecule has 1 amide bonds. The third-order valence-electron chi connectivity index (χ3n) is 6.02.